The van der Waals surface area contributed by atoms with Crippen molar-refractivity contribution in [3.05, 3.63) is 29.8 Å². The van der Waals surface area contributed by atoms with E-state index in [2.05, 4.69) is 0 Å². The lowest BCUT2D eigenvalue weighted by molar-refractivity contribution is -0.163. The van der Waals surface area contributed by atoms with Crippen LogP contribution in [0.25, 0.3) is 0 Å². The van der Waals surface area contributed by atoms with Crippen molar-refractivity contribution in [1.29, 1.82) is 0 Å². The second kappa shape index (κ2) is 7.98. The minimum Gasteiger partial charge on any atom is -0.452 e. The summed E-state index contributed by atoms with van der Waals surface area (Å²) in [5.41, 5.74) is -0.743. The number of carbonyl (C=O) groups is 4. The third-order valence-corrected chi connectivity index (χ3v) is 6.83. The fourth-order valence-electron chi connectivity index (χ4n) is 5.40. The molecule has 0 N–H and O–H groups in total. The van der Waals surface area contributed by atoms with E-state index in [4.69, 9.17) is 4.74 Å². The molecule has 3 aliphatic heterocycles. The number of hydrogen-bond acceptors (Lipinski definition) is 5. The first kappa shape index (κ1) is 21.3. The van der Waals surface area contributed by atoms with Crippen LogP contribution in [0.2, 0.25) is 0 Å². The summed E-state index contributed by atoms with van der Waals surface area (Å²) in [5.74, 6) is -1.52. The molecule has 8 nitrogen and oxygen atoms in total. The lowest BCUT2D eigenvalue weighted by atomic mass is 9.96. The van der Waals surface area contributed by atoms with Crippen molar-refractivity contribution in [1.82, 2.24) is 9.80 Å². The monoisotopic (exact) mass is 427 g/mol. The lowest BCUT2D eigenvalue weighted by Gasteiger charge is -2.48. The van der Waals surface area contributed by atoms with E-state index in [0.29, 0.717) is 11.3 Å². The van der Waals surface area contributed by atoms with Crippen LogP contribution in [0.4, 0.5) is 5.69 Å². The van der Waals surface area contributed by atoms with Gasteiger partial charge in [0.2, 0.25) is 11.6 Å². The van der Waals surface area contributed by atoms with E-state index in [9.17, 15) is 19.2 Å². The Kier molecular flexibility index (Phi) is 5.49. The average molecular weight is 428 g/mol. The summed E-state index contributed by atoms with van der Waals surface area (Å²) in [6, 6.07) is 6.98. The van der Waals surface area contributed by atoms with Crippen LogP contribution in [0.15, 0.2) is 24.3 Å². The van der Waals surface area contributed by atoms with Crippen molar-refractivity contribution in [2.24, 2.45) is 0 Å². The van der Waals surface area contributed by atoms with Gasteiger partial charge in [0, 0.05) is 31.5 Å². The molecule has 1 aromatic rings. The number of likely N-dealkylation sites (tertiary alicyclic amines) is 1. The van der Waals surface area contributed by atoms with E-state index in [0.717, 1.165) is 19.3 Å². The number of fused-ring (bicyclic) bond motifs is 3. The van der Waals surface area contributed by atoms with Crippen molar-refractivity contribution < 1.29 is 23.9 Å². The summed E-state index contributed by atoms with van der Waals surface area (Å²) >= 11 is 0. The zero-order valence-corrected chi connectivity index (χ0v) is 18.3. The molecule has 3 heterocycles. The predicted octanol–water partition coefficient (Wildman–Crippen LogP) is 2.32. The zero-order valence-electron chi connectivity index (χ0n) is 18.3. The van der Waals surface area contributed by atoms with Gasteiger partial charge in [-0.25, -0.2) is 4.79 Å². The second-order valence-electron chi connectivity index (χ2n) is 8.62. The number of rotatable bonds is 4. The normalized spacial score (nSPS) is 27.8. The average Bonchev–Trinajstić information content (AvgIpc) is 3.10. The van der Waals surface area contributed by atoms with Gasteiger partial charge in [-0.1, -0.05) is 12.1 Å². The van der Waals surface area contributed by atoms with Crippen LogP contribution in [0.1, 0.15) is 63.2 Å². The Labute approximate surface area is 182 Å². The number of likely N-dealkylation sites (N-methyl/N-ethyl adjacent to an activating group) is 1. The van der Waals surface area contributed by atoms with E-state index >= 15 is 0 Å². The SMILES string of the molecule is CCN1C(=O)c2ccccc2N2C(=O)CC[C@]12C(=O)OCC(=O)N1[C@@H](C)CCC[C@@H]1C. The highest BCUT2D eigenvalue weighted by Crippen LogP contribution is 2.44. The fraction of sp³-hybridized carbons (Fsp3) is 0.565. The van der Waals surface area contributed by atoms with Crippen molar-refractivity contribution in [3.63, 3.8) is 0 Å². The molecule has 3 amide bonds. The van der Waals surface area contributed by atoms with Gasteiger partial charge in [0.05, 0.1) is 11.3 Å². The first-order chi connectivity index (χ1) is 14.8. The minimum absolute atomic E-state index is 0.0907. The molecule has 0 saturated carbocycles. The molecule has 166 valence electrons. The number of carbonyl (C=O) groups excluding carboxylic acids is 4. The topological polar surface area (TPSA) is 87.2 Å². The molecule has 0 unspecified atom stereocenters. The van der Waals surface area contributed by atoms with Crippen molar-refractivity contribution >= 4 is 29.4 Å². The molecule has 3 aliphatic rings. The Morgan fingerprint density at radius 1 is 1.13 bits per heavy atom. The van der Waals surface area contributed by atoms with E-state index in [1.54, 1.807) is 36.1 Å². The highest BCUT2D eigenvalue weighted by molar-refractivity contribution is 6.15. The Bertz CT molecular complexity index is 922. The van der Waals surface area contributed by atoms with Gasteiger partial charge in [-0.05, 0) is 52.2 Å². The molecule has 4 rings (SSSR count). The van der Waals surface area contributed by atoms with E-state index in [-0.39, 0.29) is 49.2 Å². The summed E-state index contributed by atoms with van der Waals surface area (Å²) in [6.07, 6.45) is 3.18. The van der Waals surface area contributed by atoms with E-state index in [1.807, 2.05) is 13.8 Å². The summed E-state index contributed by atoms with van der Waals surface area (Å²) in [4.78, 5) is 56.9. The first-order valence-corrected chi connectivity index (χ1v) is 11.0. The van der Waals surface area contributed by atoms with Gasteiger partial charge in [0.15, 0.2) is 6.61 Å². The highest BCUT2D eigenvalue weighted by Gasteiger charge is 2.61. The van der Waals surface area contributed by atoms with Gasteiger partial charge in [-0.2, -0.15) is 0 Å². The molecule has 3 atom stereocenters. The van der Waals surface area contributed by atoms with Crippen LogP contribution in [0.5, 0.6) is 0 Å². The van der Waals surface area contributed by atoms with E-state index < -0.39 is 18.2 Å². The maximum absolute atomic E-state index is 13.4. The number of hydrogen-bond donors (Lipinski definition) is 0. The number of esters is 1. The van der Waals surface area contributed by atoms with Gasteiger partial charge in [0.1, 0.15) is 0 Å². The molecule has 2 fully saturated rings. The van der Waals surface area contributed by atoms with Crippen LogP contribution in [-0.4, -0.2) is 64.4 Å². The number of nitrogens with zero attached hydrogens (tertiary/aromatic N) is 3. The van der Waals surface area contributed by atoms with Crippen molar-refractivity contribution in [3.8, 4) is 0 Å². The largest absolute Gasteiger partial charge is 0.452 e. The van der Waals surface area contributed by atoms with Crippen LogP contribution in [0.3, 0.4) is 0 Å². The van der Waals surface area contributed by atoms with Gasteiger partial charge in [-0.3, -0.25) is 19.3 Å². The van der Waals surface area contributed by atoms with Gasteiger partial charge in [-0.15, -0.1) is 0 Å². The van der Waals surface area contributed by atoms with E-state index in [1.165, 1.54) is 9.80 Å². The Hall–Kier alpha value is -2.90. The van der Waals surface area contributed by atoms with Crippen LogP contribution in [-0.2, 0) is 19.1 Å². The first-order valence-electron chi connectivity index (χ1n) is 11.0. The molecule has 1 aromatic carbocycles. The summed E-state index contributed by atoms with van der Waals surface area (Å²) in [5, 5.41) is 0. The second-order valence-corrected chi connectivity index (χ2v) is 8.62. The molecule has 31 heavy (non-hydrogen) atoms. The molecule has 0 radical (unpaired) electrons. The molecule has 8 heteroatoms. The van der Waals surface area contributed by atoms with Gasteiger partial charge in [0.25, 0.3) is 11.8 Å². The Morgan fingerprint density at radius 2 is 1.81 bits per heavy atom. The third-order valence-electron chi connectivity index (χ3n) is 6.83. The van der Waals surface area contributed by atoms with Crippen LogP contribution < -0.4 is 4.90 Å². The van der Waals surface area contributed by atoms with Gasteiger partial charge >= 0.3 is 5.97 Å². The molecule has 0 spiro atoms. The van der Waals surface area contributed by atoms with Crippen LogP contribution in [0, 0.1) is 0 Å². The number of amides is 3. The smallest absolute Gasteiger partial charge is 0.354 e. The minimum atomic E-state index is -1.54. The number of benzene rings is 1. The Balaban J connectivity index is 1.62. The summed E-state index contributed by atoms with van der Waals surface area (Å²) < 4.78 is 5.52. The van der Waals surface area contributed by atoms with Crippen molar-refractivity contribution in [2.75, 3.05) is 18.1 Å². The standard InChI is InChI=1S/C23H29N3O5/c1-4-24-21(29)17-10-5-6-11-18(17)26-19(27)12-13-23(24,26)22(30)31-14-20(28)25-15(2)8-7-9-16(25)3/h5-6,10-11,15-16H,4,7-9,12-14H2,1-3H3/t15-,16-,23-/m0/s1. The number of ether oxygens (including phenoxy) is 1. The van der Waals surface area contributed by atoms with Crippen molar-refractivity contribution in [2.45, 2.75) is 70.6 Å². The molecule has 0 aliphatic carbocycles. The number of para-hydroxylation sites is 1. The zero-order chi connectivity index (χ0) is 22.3. The summed E-state index contributed by atoms with van der Waals surface area (Å²) in [7, 11) is 0. The van der Waals surface area contributed by atoms with Crippen LogP contribution >= 0.6 is 0 Å². The Morgan fingerprint density at radius 3 is 2.48 bits per heavy atom. The molecular formula is C23H29N3O5. The molecule has 0 bridgehead atoms. The molecule has 2 saturated heterocycles. The maximum Gasteiger partial charge on any atom is 0.354 e. The maximum atomic E-state index is 13.4. The number of piperidine rings is 1. The highest BCUT2D eigenvalue weighted by atomic mass is 16.5. The third kappa shape index (κ3) is 3.20. The quantitative estimate of drug-likeness (QED) is 0.689. The predicted molar refractivity (Wildman–Crippen MR) is 113 cm³/mol. The molecular weight excluding hydrogens is 398 g/mol. The summed E-state index contributed by atoms with van der Waals surface area (Å²) in [6.45, 7) is 5.61. The number of anilines is 1. The lowest BCUT2D eigenvalue weighted by Crippen LogP contribution is -2.68. The molecule has 0 aromatic heterocycles. The van der Waals surface area contributed by atoms with Gasteiger partial charge < -0.3 is 14.5 Å². The fourth-order valence-corrected chi connectivity index (χ4v) is 5.40.